The second-order valence-electron chi connectivity index (χ2n) is 12.4. The van der Waals surface area contributed by atoms with Crippen molar-refractivity contribution in [3.8, 4) is 0 Å². The molecule has 0 unspecified atom stereocenters. The van der Waals surface area contributed by atoms with E-state index in [9.17, 15) is 24.9 Å². The molecule has 3 N–H and O–H groups in total. The molecule has 0 saturated heterocycles. The van der Waals surface area contributed by atoms with Gasteiger partial charge in [-0.15, -0.1) is 0 Å². The zero-order valence-electron chi connectivity index (χ0n) is 20.9. The van der Waals surface area contributed by atoms with E-state index in [0.717, 1.165) is 31.3 Å². The molecule has 10 atom stereocenters. The standard InChI is InChI=1S/C28H40O6/c1-15-12-22(34-25(32)16(15)2)18(14-29)20-8-7-19-17-13-24(31)28(33)10-5-6-23(30)27(28,4)21(17)9-11-26(19,20)3/h5-6,17-22,24,29,31,33H,7-14H2,1-4H3/t17-,18-,19-,20+,21+,22+,24+,26-,27-,28-/m0/s1. The molecule has 3 fully saturated rings. The lowest BCUT2D eigenvalue weighted by Crippen LogP contribution is -2.69. The van der Waals surface area contributed by atoms with Crippen LogP contribution in [0.4, 0.5) is 0 Å². The van der Waals surface area contributed by atoms with E-state index in [1.807, 2.05) is 13.8 Å². The summed E-state index contributed by atoms with van der Waals surface area (Å²) in [5.74, 6) is 0.228. The van der Waals surface area contributed by atoms with Crippen LogP contribution in [-0.4, -0.2) is 51.5 Å². The van der Waals surface area contributed by atoms with E-state index in [-0.39, 0.29) is 53.6 Å². The molecular formula is C28H40O6. The summed E-state index contributed by atoms with van der Waals surface area (Å²) in [7, 11) is 0. The molecule has 5 rings (SSSR count). The predicted octanol–water partition coefficient (Wildman–Crippen LogP) is 3.34. The Morgan fingerprint density at radius 1 is 1.15 bits per heavy atom. The quantitative estimate of drug-likeness (QED) is 0.545. The Morgan fingerprint density at radius 3 is 2.56 bits per heavy atom. The highest BCUT2D eigenvalue weighted by Crippen LogP contribution is 2.68. The van der Waals surface area contributed by atoms with Crippen LogP contribution < -0.4 is 0 Å². The van der Waals surface area contributed by atoms with Crippen molar-refractivity contribution in [1.82, 2.24) is 0 Å². The maximum absolute atomic E-state index is 13.2. The van der Waals surface area contributed by atoms with Crippen molar-refractivity contribution in [3.63, 3.8) is 0 Å². The molecule has 5 aliphatic rings. The third kappa shape index (κ3) is 3.04. The van der Waals surface area contributed by atoms with Gasteiger partial charge in [0.05, 0.1) is 11.5 Å². The van der Waals surface area contributed by atoms with Crippen molar-refractivity contribution in [2.24, 2.45) is 40.4 Å². The van der Waals surface area contributed by atoms with Crippen LogP contribution in [0.25, 0.3) is 0 Å². The van der Waals surface area contributed by atoms with Crippen LogP contribution in [0, 0.1) is 40.4 Å². The third-order valence-corrected chi connectivity index (χ3v) is 11.3. The molecule has 0 radical (unpaired) electrons. The van der Waals surface area contributed by atoms with Gasteiger partial charge in [-0.3, -0.25) is 4.79 Å². The molecule has 0 spiro atoms. The lowest BCUT2D eigenvalue weighted by atomic mass is 9.43. The largest absolute Gasteiger partial charge is 0.458 e. The number of carbonyl (C=O) groups is 2. The zero-order chi connectivity index (χ0) is 24.6. The van der Waals surface area contributed by atoms with Crippen molar-refractivity contribution >= 4 is 11.8 Å². The Hall–Kier alpha value is -1.50. The van der Waals surface area contributed by atoms with Crippen LogP contribution in [-0.2, 0) is 14.3 Å². The summed E-state index contributed by atoms with van der Waals surface area (Å²) in [6.07, 6.45) is 7.19. The number of hydrogen-bond acceptors (Lipinski definition) is 6. The molecule has 188 valence electrons. The van der Waals surface area contributed by atoms with E-state index < -0.39 is 17.1 Å². The minimum absolute atomic E-state index is 0.0191. The molecule has 3 saturated carbocycles. The number of cyclic esters (lactones) is 1. The number of carbonyl (C=O) groups excluding carboxylic acids is 2. The van der Waals surface area contributed by atoms with Gasteiger partial charge in [0.2, 0.25) is 0 Å². The maximum atomic E-state index is 13.2. The summed E-state index contributed by atoms with van der Waals surface area (Å²) in [6.45, 7) is 7.94. The van der Waals surface area contributed by atoms with E-state index in [2.05, 4.69) is 6.92 Å². The van der Waals surface area contributed by atoms with Gasteiger partial charge in [0, 0.05) is 24.5 Å². The van der Waals surface area contributed by atoms with E-state index in [1.165, 1.54) is 0 Å². The van der Waals surface area contributed by atoms with Crippen LogP contribution in [0.5, 0.6) is 0 Å². The minimum atomic E-state index is -1.41. The Balaban J connectivity index is 1.45. The second-order valence-corrected chi connectivity index (χ2v) is 12.4. The van der Waals surface area contributed by atoms with Gasteiger partial charge in [0.15, 0.2) is 5.78 Å². The third-order valence-electron chi connectivity index (χ3n) is 11.3. The van der Waals surface area contributed by atoms with Gasteiger partial charge in [-0.25, -0.2) is 4.79 Å². The van der Waals surface area contributed by atoms with Crippen molar-refractivity contribution in [1.29, 1.82) is 0 Å². The first-order valence-corrected chi connectivity index (χ1v) is 13.1. The fourth-order valence-electron chi connectivity index (χ4n) is 9.10. The van der Waals surface area contributed by atoms with E-state index in [0.29, 0.717) is 30.8 Å². The number of ketones is 1. The van der Waals surface area contributed by atoms with Crippen LogP contribution in [0.1, 0.15) is 72.6 Å². The van der Waals surface area contributed by atoms with Crippen molar-refractivity contribution < 1.29 is 29.6 Å². The lowest BCUT2D eigenvalue weighted by Gasteiger charge is -2.63. The van der Waals surface area contributed by atoms with Crippen LogP contribution in [0.2, 0.25) is 0 Å². The number of fused-ring (bicyclic) bond motifs is 5. The molecule has 34 heavy (non-hydrogen) atoms. The first-order valence-electron chi connectivity index (χ1n) is 13.1. The smallest absolute Gasteiger partial charge is 0.333 e. The highest BCUT2D eigenvalue weighted by molar-refractivity contribution is 5.97. The monoisotopic (exact) mass is 472 g/mol. The molecule has 0 aromatic carbocycles. The van der Waals surface area contributed by atoms with Crippen LogP contribution in [0.3, 0.4) is 0 Å². The van der Waals surface area contributed by atoms with E-state index in [1.54, 1.807) is 19.1 Å². The number of hydrogen-bond donors (Lipinski definition) is 3. The molecule has 6 nitrogen and oxygen atoms in total. The number of rotatable bonds is 3. The first-order chi connectivity index (χ1) is 16.0. The van der Waals surface area contributed by atoms with Crippen LogP contribution >= 0.6 is 0 Å². The summed E-state index contributed by atoms with van der Waals surface area (Å²) < 4.78 is 5.81. The van der Waals surface area contributed by atoms with Gasteiger partial charge in [-0.2, -0.15) is 0 Å². The summed E-state index contributed by atoms with van der Waals surface area (Å²) in [4.78, 5) is 25.6. The average Bonchev–Trinajstić information content (AvgIpc) is 3.13. The Labute approximate surface area is 202 Å². The Bertz CT molecular complexity index is 953. The molecular weight excluding hydrogens is 432 g/mol. The lowest BCUT2D eigenvalue weighted by molar-refractivity contribution is -0.232. The number of aliphatic hydroxyl groups excluding tert-OH is 2. The number of allylic oxidation sites excluding steroid dienone is 1. The normalized spacial score (nSPS) is 49.3. The molecule has 0 aromatic heterocycles. The molecule has 1 heterocycles. The maximum Gasteiger partial charge on any atom is 0.333 e. The van der Waals surface area contributed by atoms with E-state index in [4.69, 9.17) is 4.74 Å². The van der Waals surface area contributed by atoms with Gasteiger partial charge < -0.3 is 20.1 Å². The highest BCUT2D eigenvalue weighted by Gasteiger charge is 2.69. The Morgan fingerprint density at radius 2 is 1.88 bits per heavy atom. The summed E-state index contributed by atoms with van der Waals surface area (Å²) in [5, 5.41) is 33.2. The molecule has 0 bridgehead atoms. The van der Waals surface area contributed by atoms with E-state index >= 15 is 0 Å². The van der Waals surface area contributed by atoms with Gasteiger partial charge in [0.25, 0.3) is 0 Å². The molecule has 1 aliphatic heterocycles. The summed E-state index contributed by atoms with van der Waals surface area (Å²) >= 11 is 0. The molecule has 0 amide bonds. The SMILES string of the molecule is CC1=C(C)C(=O)O[C@@H]([C@@H](CO)[C@H]2CC[C@H]3[C@@H]4C[C@@H](O)[C@@]5(O)CC=CC(=O)[C@]5(C)[C@@H]4CC[C@]23C)C1. The fraction of sp³-hybridized carbons (Fsp3) is 0.786. The van der Waals surface area contributed by atoms with Gasteiger partial charge in [-0.05, 0) is 94.5 Å². The highest BCUT2D eigenvalue weighted by atomic mass is 16.5. The topological polar surface area (TPSA) is 104 Å². The van der Waals surface area contributed by atoms with Gasteiger partial charge >= 0.3 is 5.97 Å². The van der Waals surface area contributed by atoms with Gasteiger partial charge in [0.1, 0.15) is 11.7 Å². The fourth-order valence-corrected chi connectivity index (χ4v) is 9.10. The van der Waals surface area contributed by atoms with Crippen molar-refractivity contribution in [3.05, 3.63) is 23.3 Å². The molecule has 6 heteroatoms. The number of ether oxygens (including phenoxy) is 1. The summed E-state index contributed by atoms with van der Waals surface area (Å²) in [6, 6.07) is 0. The average molecular weight is 473 g/mol. The number of aliphatic hydroxyl groups is 3. The van der Waals surface area contributed by atoms with Crippen molar-refractivity contribution in [2.45, 2.75) is 90.4 Å². The van der Waals surface area contributed by atoms with Crippen molar-refractivity contribution in [2.75, 3.05) is 6.61 Å². The molecule has 4 aliphatic carbocycles. The number of esters is 1. The Kier molecular flexibility index (Phi) is 5.70. The predicted molar refractivity (Wildman–Crippen MR) is 126 cm³/mol. The first kappa shape index (κ1) is 24.2. The second kappa shape index (κ2) is 8.01. The molecule has 0 aromatic rings. The minimum Gasteiger partial charge on any atom is -0.458 e. The summed E-state index contributed by atoms with van der Waals surface area (Å²) in [5.41, 5.74) is -0.735. The zero-order valence-corrected chi connectivity index (χ0v) is 20.9. The van der Waals surface area contributed by atoms with Gasteiger partial charge in [-0.1, -0.05) is 18.6 Å². The van der Waals surface area contributed by atoms with Crippen LogP contribution in [0.15, 0.2) is 23.3 Å².